The SMILES string of the molecule is CC(C)CCOc1cccc(CNc2cccc(C(F)(F)F)c2)c1. The van der Waals surface area contributed by atoms with Gasteiger partial charge < -0.3 is 10.1 Å². The molecule has 2 aromatic carbocycles. The molecule has 0 aliphatic rings. The van der Waals surface area contributed by atoms with E-state index in [0.29, 0.717) is 24.8 Å². The van der Waals surface area contributed by atoms with Crippen molar-refractivity contribution < 1.29 is 17.9 Å². The van der Waals surface area contributed by atoms with Crippen LogP contribution < -0.4 is 10.1 Å². The van der Waals surface area contributed by atoms with Crippen molar-refractivity contribution in [3.05, 3.63) is 59.7 Å². The summed E-state index contributed by atoms with van der Waals surface area (Å²) in [5.41, 5.74) is 0.740. The highest BCUT2D eigenvalue weighted by Crippen LogP contribution is 2.30. The van der Waals surface area contributed by atoms with Gasteiger partial charge in [0.1, 0.15) is 5.75 Å². The first-order valence-corrected chi connectivity index (χ1v) is 7.97. The summed E-state index contributed by atoms with van der Waals surface area (Å²) in [5, 5.41) is 3.02. The lowest BCUT2D eigenvalue weighted by molar-refractivity contribution is -0.137. The van der Waals surface area contributed by atoms with Crippen molar-refractivity contribution in [3.63, 3.8) is 0 Å². The Morgan fingerprint density at radius 2 is 1.79 bits per heavy atom. The number of nitrogens with one attached hydrogen (secondary N) is 1. The fraction of sp³-hybridized carbons (Fsp3) is 0.368. The molecule has 0 aliphatic heterocycles. The van der Waals surface area contributed by atoms with Crippen molar-refractivity contribution in [1.29, 1.82) is 0 Å². The number of alkyl halides is 3. The molecule has 0 aliphatic carbocycles. The molecule has 2 aromatic rings. The molecule has 5 heteroatoms. The van der Waals surface area contributed by atoms with E-state index >= 15 is 0 Å². The minimum atomic E-state index is -4.33. The second kappa shape index (κ2) is 8.08. The number of benzene rings is 2. The van der Waals surface area contributed by atoms with Crippen LogP contribution in [0.4, 0.5) is 18.9 Å². The van der Waals surface area contributed by atoms with E-state index in [1.807, 2.05) is 24.3 Å². The van der Waals surface area contributed by atoms with E-state index in [1.165, 1.54) is 6.07 Å². The molecule has 130 valence electrons. The molecule has 0 heterocycles. The Kier molecular flexibility index (Phi) is 6.12. The van der Waals surface area contributed by atoms with Gasteiger partial charge in [-0.3, -0.25) is 0 Å². The number of ether oxygens (including phenoxy) is 1. The van der Waals surface area contributed by atoms with E-state index in [4.69, 9.17) is 4.74 Å². The van der Waals surface area contributed by atoms with Crippen molar-refractivity contribution in [2.45, 2.75) is 33.0 Å². The number of anilines is 1. The second-order valence-electron chi connectivity index (χ2n) is 6.11. The van der Waals surface area contributed by atoms with E-state index in [2.05, 4.69) is 19.2 Å². The molecule has 0 fully saturated rings. The van der Waals surface area contributed by atoms with Crippen molar-refractivity contribution in [3.8, 4) is 5.75 Å². The summed E-state index contributed by atoms with van der Waals surface area (Å²) < 4.78 is 43.8. The molecular weight excluding hydrogens is 315 g/mol. The molecule has 0 amide bonds. The summed E-state index contributed by atoms with van der Waals surface area (Å²) in [6, 6.07) is 12.8. The van der Waals surface area contributed by atoms with Crippen LogP contribution in [0.1, 0.15) is 31.4 Å². The van der Waals surface area contributed by atoms with E-state index in [0.717, 1.165) is 29.9 Å². The second-order valence-corrected chi connectivity index (χ2v) is 6.11. The Labute approximate surface area is 140 Å². The van der Waals surface area contributed by atoms with Crippen LogP contribution in [0.3, 0.4) is 0 Å². The average Bonchev–Trinajstić information content (AvgIpc) is 2.52. The third-order valence-corrected chi connectivity index (χ3v) is 3.55. The molecule has 0 bridgehead atoms. The van der Waals surface area contributed by atoms with Crippen molar-refractivity contribution >= 4 is 5.69 Å². The molecule has 0 aromatic heterocycles. The maximum atomic E-state index is 12.7. The largest absolute Gasteiger partial charge is 0.494 e. The molecule has 0 atom stereocenters. The van der Waals surface area contributed by atoms with Crippen LogP contribution in [0.25, 0.3) is 0 Å². The highest BCUT2D eigenvalue weighted by atomic mass is 19.4. The zero-order chi connectivity index (χ0) is 17.6. The summed E-state index contributed by atoms with van der Waals surface area (Å²) in [4.78, 5) is 0. The predicted molar refractivity (Wildman–Crippen MR) is 90.2 cm³/mol. The smallest absolute Gasteiger partial charge is 0.416 e. The van der Waals surface area contributed by atoms with Gasteiger partial charge in [-0.1, -0.05) is 32.0 Å². The minimum absolute atomic E-state index is 0.433. The number of hydrogen-bond donors (Lipinski definition) is 1. The van der Waals surface area contributed by atoms with Gasteiger partial charge in [-0.25, -0.2) is 0 Å². The maximum absolute atomic E-state index is 12.7. The normalized spacial score (nSPS) is 11.6. The third-order valence-electron chi connectivity index (χ3n) is 3.55. The van der Waals surface area contributed by atoms with Crippen LogP contribution >= 0.6 is 0 Å². The minimum Gasteiger partial charge on any atom is -0.494 e. The van der Waals surface area contributed by atoms with E-state index < -0.39 is 11.7 Å². The van der Waals surface area contributed by atoms with Crippen LogP contribution in [0, 0.1) is 5.92 Å². The molecule has 1 N–H and O–H groups in total. The van der Waals surface area contributed by atoms with Crippen molar-refractivity contribution in [2.75, 3.05) is 11.9 Å². The predicted octanol–water partition coefficient (Wildman–Crippen LogP) is 5.74. The number of hydrogen-bond acceptors (Lipinski definition) is 2. The van der Waals surface area contributed by atoms with Gasteiger partial charge in [0, 0.05) is 12.2 Å². The van der Waals surface area contributed by atoms with Crippen LogP contribution in [0.15, 0.2) is 48.5 Å². The molecule has 2 nitrogen and oxygen atoms in total. The van der Waals surface area contributed by atoms with Gasteiger partial charge >= 0.3 is 6.18 Å². The van der Waals surface area contributed by atoms with Gasteiger partial charge in [0.2, 0.25) is 0 Å². The van der Waals surface area contributed by atoms with E-state index in [9.17, 15) is 13.2 Å². The van der Waals surface area contributed by atoms with E-state index in [1.54, 1.807) is 6.07 Å². The molecular formula is C19H22F3NO. The summed E-state index contributed by atoms with van der Waals surface area (Å²) in [6.07, 6.45) is -3.35. The summed E-state index contributed by atoms with van der Waals surface area (Å²) in [5.74, 6) is 1.36. The standard InChI is InChI=1S/C19H22F3NO/c1-14(2)9-10-24-18-8-3-5-15(11-18)13-23-17-7-4-6-16(12-17)19(20,21)22/h3-8,11-12,14,23H,9-10,13H2,1-2H3. The fourth-order valence-electron chi connectivity index (χ4n) is 2.17. The Hall–Kier alpha value is -2.17. The zero-order valence-corrected chi connectivity index (χ0v) is 13.9. The highest BCUT2D eigenvalue weighted by molar-refractivity contribution is 5.47. The lowest BCUT2D eigenvalue weighted by Gasteiger charge is -2.12. The van der Waals surface area contributed by atoms with Crippen molar-refractivity contribution in [2.24, 2.45) is 5.92 Å². The van der Waals surface area contributed by atoms with Crippen LogP contribution in [0.5, 0.6) is 5.75 Å². The Morgan fingerprint density at radius 3 is 2.50 bits per heavy atom. The van der Waals surface area contributed by atoms with Gasteiger partial charge in [-0.15, -0.1) is 0 Å². The lowest BCUT2D eigenvalue weighted by atomic mass is 10.1. The Bertz CT molecular complexity index is 653. The Morgan fingerprint density at radius 1 is 1.04 bits per heavy atom. The van der Waals surface area contributed by atoms with Gasteiger partial charge in [-0.2, -0.15) is 13.2 Å². The molecule has 0 saturated heterocycles. The van der Waals surface area contributed by atoms with Crippen LogP contribution in [0.2, 0.25) is 0 Å². The first kappa shape index (κ1) is 18.2. The summed E-state index contributed by atoms with van der Waals surface area (Å²) in [7, 11) is 0. The van der Waals surface area contributed by atoms with E-state index in [-0.39, 0.29) is 0 Å². The molecule has 24 heavy (non-hydrogen) atoms. The zero-order valence-electron chi connectivity index (χ0n) is 13.9. The highest BCUT2D eigenvalue weighted by Gasteiger charge is 2.30. The first-order valence-electron chi connectivity index (χ1n) is 7.97. The van der Waals surface area contributed by atoms with Crippen LogP contribution in [-0.4, -0.2) is 6.61 Å². The molecule has 0 radical (unpaired) electrons. The fourth-order valence-corrected chi connectivity index (χ4v) is 2.17. The maximum Gasteiger partial charge on any atom is 0.416 e. The summed E-state index contributed by atoms with van der Waals surface area (Å²) >= 11 is 0. The number of rotatable bonds is 7. The topological polar surface area (TPSA) is 21.3 Å². The van der Waals surface area contributed by atoms with Gasteiger partial charge in [0.15, 0.2) is 0 Å². The molecule has 0 unspecified atom stereocenters. The molecule has 2 rings (SSSR count). The summed E-state index contributed by atoms with van der Waals surface area (Å²) in [6.45, 7) is 5.36. The number of halogens is 3. The first-order chi connectivity index (χ1) is 11.3. The van der Waals surface area contributed by atoms with Gasteiger partial charge in [0.05, 0.1) is 12.2 Å². The van der Waals surface area contributed by atoms with Gasteiger partial charge in [-0.05, 0) is 48.2 Å². The van der Waals surface area contributed by atoms with Gasteiger partial charge in [0.25, 0.3) is 0 Å². The monoisotopic (exact) mass is 337 g/mol. The lowest BCUT2D eigenvalue weighted by Crippen LogP contribution is -2.06. The average molecular weight is 337 g/mol. The van der Waals surface area contributed by atoms with Crippen molar-refractivity contribution in [1.82, 2.24) is 0 Å². The molecule has 0 saturated carbocycles. The quantitative estimate of drug-likeness (QED) is 0.695. The third kappa shape index (κ3) is 5.80. The molecule has 0 spiro atoms. The Balaban J connectivity index is 1.95. The van der Waals surface area contributed by atoms with Crippen LogP contribution in [-0.2, 0) is 12.7 Å².